The molecule has 2 heterocycles. The molecule has 0 spiro atoms. The van der Waals surface area contributed by atoms with Crippen molar-refractivity contribution in [2.45, 2.75) is 13.3 Å². The van der Waals surface area contributed by atoms with Gasteiger partial charge in [0, 0.05) is 22.9 Å². The van der Waals surface area contributed by atoms with Gasteiger partial charge >= 0.3 is 0 Å². The molecule has 0 aliphatic rings. The van der Waals surface area contributed by atoms with E-state index in [0.717, 1.165) is 23.3 Å². The van der Waals surface area contributed by atoms with E-state index in [-0.39, 0.29) is 0 Å². The number of anilines is 2. The zero-order valence-corrected chi connectivity index (χ0v) is 12.6. The molecule has 0 unspecified atom stereocenters. The van der Waals surface area contributed by atoms with Crippen LogP contribution in [0.25, 0.3) is 5.65 Å². The van der Waals surface area contributed by atoms with E-state index >= 15 is 0 Å². The fraction of sp³-hybridized carbons (Fsp3) is 0.133. The summed E-state index contributed by atoms with van der Waals surface area (Å²) in [6.07, 6.45) is 2.60. The Labute approximate surface area is 131 Å². The van der Waals surface area contributed by atoms with Gasteiger partial charge in [-0.25, -0.2) is 4.98 Å². The van der Waals surface area contributed by atoms with Gasteiger partial charge < -0.3 is 11.1 Å². The summed E-state index contributed by atoms with van der Waals surface area (Å²) in [5.74, 6) is 0.238. The number of benzene rings is 1. The summed E-state index contributed by atoms with van der Waals surface area (Å²) in [5, 5.41) is 7.93. The number of aryl methyl sites for hydroxylation is 1. The highest BCUT2D eigenvalue weighted by molar-refractivity contribution is 6.29. The Balaban J connectivity index is 1.99. The Morgan fingerprint density at radius 1 is 1.36 bits per heavy atom. The van der Waals surface area contributed by atoms with Gasteiger partial charge in [0.05, 0.1) is 6.20 Å². The fourth-order valence-electron chi connectivity index (χ4n) is 2.18. The number of carbonyl (C=O) groups excluding carboxylic acids is 1. The number of nitrogens with two attached hydrogens (primary N) is 1. The predicted octanol–water partition coefficient (Wildman–Crippen LogP) is 2.79. The van der Waals surface area contributed by atoms with Crippen LogP contribution in [0.5, 0.6) is 0 Å². The Kier molecular flexibility index (Phi) is 3.68. The van der Waals surface area contributed by atoms with Crippen molar-refractivity contribution < 1.29 is 4.79 Å². The number of nitrogens with zero attached hydrogens (tertiary/aromatic N) is 3. The molecule has 112 valence electrons. The maximum Gasteiger partial charge on any atom is 0.248 e. The lowest BCUT2D eigenvalue weighted by Gasteiger charge is -2.09. The second-order valence-corrected chi connectivity index (χ2v) is 5.18. The maximum atomic E-state index is 11.1. The van der Waals surface area contributed by atoms with Gasteiger partial charge in [0.1, 0.15) is 11.0 Å². The van der Waals surface area contributed by atoms with Crippen LogP contribution in [0.3, 0.4) is 0 Å². The molecule has 0 fully saturated rings. The largest absolute Gasteiger partial charge is 0.366 e. The van der Waals surface area contributed by atoms with Crippen molar-refractivity contribution in [3.8, 4) is 0 Å². The van der Waals surface area contributed by atoms with Crippen LogP contribution in [0.4, 0.5) is 11.5 Å². The first-order valence-corrected chi connectivity index (χ1v) is 7.16. The van der Waals surface area contributed by atoms with Crippen molar-refractivity contribution in [3.05, 3.63) is 52.8 Å². The molecule has 6 nitrogen and oxygen atoms in total. The molecule has 1 amide bonds. The molecule has 2 aromatic heterocycles. The standard InChI is InChI=1S/C15H14ClN5O/c1-2-9-8-18-21-13(7-12(16)20-15(9)21)19-11-5-3-10(4-6-11)14(17)22/h3-8,19H,2H2,1H3,(H2,17,22). The number of carbonyl (C=O) groups is 1. The number of halogens is 1. The van der Waals surface area contributed by atoms with Gasteiger partial charge in [-0.3, -0.25) is 4.79 Å². The highest BCUT2D eigenvalue weighted by Crippen LogP contribution is 2.22. The third-order valence-corrected chi connectivity index (χ3v) is 3.53. The van der Waals surface area contributed by atoms with Gasteiger partial charge in [0.2, 0.25) is 5.91 Å². The molecule has 0 saturated heterocycles. The Morgan fingerprint density at radius 3 is 2.73 bits per heavy atom. The van der Waals surface area contributed by atoms with E-state index in [1.165, 1.54) is 0 Å². The van der Waals surface area contributed by atoms with Crippen molar-refractivity contribution in [3.63, 3.8) is 0 Å². The smallest absolute Gasteiger partial charge is 0.248 e. The zero-order valence-electron chi connectivity index (χ0n) is 11.9. The maximum absolute atomic E-state index is 11.1. The van der Waals surface area contributed by atoms with E-state index in [2.05, 4.69) is 15.4 Å². The van der Waals surface area contributed by atoms with E-state index in [4.69, 9.17) is 17.3 Å². The first-order valence-electron chi connectivity index (χ1n) is 6.78. The van der Waals surface area contributed by atoms with Crippen molar-refractivity contribution >= 4 is 34.7 Å². The number of amides is 1. The Bertz CT molecular complexity index is 841. The van der Waals surface area contributed by atoms with Crippen molar-refractivity contribution in [2.75, 3.05) is 5.32 Å². The number of fused-ring (bicyclic) bond motifs is 1. The van der Waals surface area contributed by atoms with Crippen LogP contribution >= 0.6 is 11.6 Å². The molecule has 0 aliphatic carbocycles. The zero-order chi connectivity index (χ0) is 15.7. The highest BCUT2D eigenvalue weighted by Gasteiger charge is 2.10. The average Bonchev–Trinajstić information content (AvgIpc) is 2.90. The van der Waals surface area contributed by atoms with Crippen LogP contribution in [0.15, 0.2) is 36.5 Å². The first-order chi connectivity index (χ1) is 10.6. The number of hydrogen-bond acceptors (Lipinski definition) is 4. The lowest BCUT2D eigenvalue weighted by atomic mass is 10.2. The molecule has 22 heavy (non-hydrogen) atoms. The lowest BCUT2D eigenvalue weighted by Crippen LogP contribution is -2.10. The van der Waals surface area contributed by atoms with Gasteiger partial charge in [-0.15, -0.1) is 0 Å². The van der Waals surface area contributed by atoms with Crippen LogP contribution in [0, 0.1) is 0 Å². The molecule has 3 N–H and O–H groups in total. The monoisotopic (exact) mass is 315 g/mol. The summed E-state index contributed by atoms with van der Waals surface area (Å²) in [4.78, 5) is 15.4. The summed E-state index contributed by atoms with van der Waals surface area (Å²) in [5.41, 5.74) is 8.23. The quantitative estimate of drug-likeness (QED) is 0.725. The molecule has 3 rings (SSSR count). The molecule has 0 atom stereocenters. The van der Waals surface area contributed by atoms with Gasteiger partial charge in [0.15, 0.2) is 5.65 Å². The summed E-state index contributed by atoms with van der Waals surface area (Å²) < 4.78 is 1.70. The molecule has 0 radical (unpaired) electrons. The van der Waals surface area contributed by atoms with Crippen molar-refractivity contribution in [2.24, 2.45) is 5.73 Å². The first kappa shape index (κ1) is 14.3. The summed E-state index contributed by atoms with van der Waals surface area (Å²) in [6, 6.07) is 8.55. The van der Waals surface area contributed by atoms with E-state index < -0.39 is 5.91 Å². The van der Waals surface area contributed by atoms with Crippen LogP contribution in [0.1, 0.15) is 22.8 Å². The second kappa shape index (κ2) is 5.65. The highest BCUT2D eigenvalue weighted by atomic mass is 35.5. The molecule has 3 aromatic rings. The third-order valence-electron chi connectivity index (χ3n) is 3.34. The normalized spacial score (nSPS) is 10.8. The molecule has 0 bridgehead atoms. The van der Waals surface area contributed by atoms with E-state index in [0.29, 0.717) is 16.5 Å². The SMILES string of the molecule is CCc1cnn2c(Nc3ccc(C(N)=O)cc3)cc(Cl)nc12. The third kappa shape index (κ3) is 2.60. The van der Waals surface area contributed by atoms with Crippen LogP contribution < -0.4 is 11.1 Å². The predicted molar refractivity (Wildman–Crippen MR) is 85.6 cm³/mol. The molecule has 1 aromatic carbocycles. The number of aromatic nitrogens is 3. The number of rotatable bonds is 4. The van der Waals surface area contributed by atoms with Crippen molar-refractivity contribution in [1.29, 1.82) is 0 Å². The van der Waals surface area contributed by atoms with Gasteiger partial charge in [-0.1, -0.05) is 18.5 Å². The number of primary amides is 1. The topological polar surface area (TPSA) is 85.3 Å². The molecule has 0 aliphatic heterocycles. The minimum absolute atomic E-state index is 0.388. The lowest BCUT2D eigenvalue weighted by molar-refractivity contribution is 0.100. The van der Waals surface area contributed by atoms with Gasteiger partial charge in [0.25, 0.3) is 0 Å². The Morgan fingerprint density at radius 2 is 2.09 bits per heavy atom. The fourth-order valence-corrected chi connectivity index (χ4v) is 2.37. The molecular formula is C15H14ClN5O. The summed E-state index contributed by atoms with van der Waals surface area (Å²) in [6.45, 7) is 2.04. The minimum atomic E-state index is -0.458. The van der Waals surface area contributed by atoms with Crippen LogP contribution in [0.2, 0.25) is 5.15 Å². The minimum Gasteiger partial charge on any atom is -0.366 e. The molecule has 7 heteroatoms. The molecule has 0 saturated carbocycles. The van der Waals surface area contributed by atoms with E-state index in [9.17, 15) is 4.79 Å². The molecular weight excluding hydrogens is 302 g/mol. The van der Waals surface area contributed by atoms with Gasteiger partial charge in [-0.2, -0.15) is 9.61 Å². The Hall–Kier alpha value is -2.60. The van der Waals surface area contributed by atoms with Gasteiger partial charge in [-0.05, 0) is 30.7 Å². The summed E-state index contributed by atoms with van der Waals surface area (Å²) >= 11 is 6.09. The average molecular weight is 316 g/mol. The van der Waals surface area contributed by atoms with Crippen LogP contribution in [-0.4, -0.2) is 20.5 Å². The van der Waals surface area contributed by atoms with E-state index in [1.54, 1.807) is 41.0 Å². The van der Waals surface area contributed by atoms with Crippen molar-refractivity contribution in [1.82, 2.24) is 14.6 Å². The summed E-state index contributed by atoms with van der Waals surface area (Å²) in [7, 11) is 0. The second-order valence-electron chi connectivity index (χ2n) is 4.79. The van der Waals surface area contributed by atoms with E-state index in [1.807, 2.05) is 6.92 Å². The number of hydrogen-bond donors (Lipinski definition) is 2. The number of nitrogens with one attached hydrogen (secondary N) is 1. The van der Waals surface area contributed by atoms with Crippen LogP contribution in [-0.2, 0) is 6.42 Å².